The molecule has 0 aliphatic heterocycles. The molecule has 0 radical (unpaired) electrons. The van der Waals surface area contributed by atoms with Crippen LogP contribution >= 0.6 is 0 Å². The molecular weight excluding hydrogens is 755 g/mol. The zero-order valence-corrected chi connectivity index (χ0v) is 38.7. The van der Waals surface area contributed by atoms with Crippen molar-refractivity contribution in [3.05, 3.63) is 41.2 Å². The van der Waals surface area contributed by atoms with E-state index < -0.39 is 11.5 Å². The highest BCUT2D eigenvalue weighted by atomic mass is 16.4. The van der Waals surface area contributed by atoms with E-state index >= 15 is 0 Å². The summed E-state index contributed by atoms with van der Waals surface area (Å²) in [5.41, 5.74) is 2.99. The van der Waals surface area contributed by atoms with Gasteiger partial charge in [0.2, 0.25) is 12.3 Å². The molecule has 6 aliphatic rings. The molecule has 10 nitrogen and oxygen atoms in total. The number of carboxylic acids is 1. The van der Waals surface area contributed by atoms with Crippen molar-refractivity contribution >= 4 is 29.9 Å². The first-order valence-electron chi connectivity index (χ1n) is 23.0. The van der Waals surface area contributed by atoms with Gasteiger partial charge in [0.05, 0.1) is 5.92 Å². The van der Waals surface area contributed by atoms with Crippen LogP contribution in [-0.2, 0) is 24.0 Å². The number of nitrogens with one attached hydrogen (secondary N) is 2. The van der Waals surface area contributed by atoms with Gasteiger partial charge in [-0.05, 0) is 166 Å². The summed E-state index contributed by atoms with van der Waals surface area (Å²) in [5.74, 6) is 1.66. The van der Waals surface area contributed by atoms with Crippen molar-refractivity contribution in [3.63, 3.8) is 0 Å². The molecule has 11 atom stereocenters. The van der Waals surface area contributed by atoms with Crippen molar-refractivity contribution in [1.82, 2.24) is 15.6 Å². The molecular formula is C50H77N3O7. The third-order valence-corrected chi connectivity index (χ3v) is 17.7. The maximum absolute atomic E-state index is 13.9. The highest BCUT2D eigenvalue weighted by Crippen LogP contribution is 2.74. The number of carbonyl (C=O) groups is 5. The molecule has 1 aromatic rings. The molecule has 0 spiro atoms. The summed E-state index contributed by atoms with van der Waals surface area (Å²) < 4.78 is 0. The van der Waals surface area contributed by atoms with Gasteiger partial charge in [-0.3, -0.25) is 29.0 Å². The average molecular weight is 832 g/mol. The third kappa shape index (κ3) is 8.53. The van der Waals surface area contributed by atoms with Crippen LogP contribution in [0.3, 0.4) is 0 Å². The fourth-order valence-electron chi connectivity index (χ4n) is 14.4. The summed E-state index contributed by atoms with van der Waals surface area (Å²) in [7, 11) is 1.00. The predicted molar refractivity (Wildman–Crippen MR) is 234 cm³/mol. The van der Waals surface area contributed by atoms with E-state index in [0.717, 1.165) is 51.2 Å². The Kier molecular flexibility index (Phi) is 14.4. The molecule has 6 aliphatic carbocycles. The molecule has 11 unspecified atom stereocenters. The summed E-state index contributed by atoms with van der Waals surface area (Å²) in [4.78, 5) is 66.9. The van der Waals surface area contributed by atoms with Gasteiger partial charge in [-0.1, -0.05) is 54.0 Å². The normalized spacial score (nSPS) is 36.3. The Balaban J connectivity index is 0.000000680. The Morgan fingerprint density at radius 2 is 1.58 bits per heavy atom. The van der Waals surface area contributed by atoms with E-state index in [2.05, 4.69) is 57.2 Å². The topological polar surface area (TPSA) is 163 Å². The summed E-state index contributed by atoms with van der Waals surface area (Å²) in [6.45, 7) is 22.3. The molecule has 60 heavy (non-hydrogen) atoms. The van der Waals surface area contributed by atoms with Gasteiger partial charge in [0.25, 0.3) is 0 Å². The van der Waals surface area contributed by atoms with Crippen molar-refractivity contribution in [2.45, 2.75) is 152 Å². The Morgan fingerprint density at radius 1 is 0.933 bits per heavy atom. The number of hydrogen-bond donors (Lipinski definition) is 4. The van der Waals surface area contributed by atoms with Crippen LogP contribution in [0.5, 0.6) is 0 Å². The van der Waals surface area contributed by atoms with Crippen molar-refractivity contribution in [1.29, 1.82) is 0 Å². The summed E-state index contributed by atoms with van der Waals surface area (Å²) >= 11 is 0. The molecule has 1 aromatic heterocycles. The maximum atomic E-state index is 13.9. The number of carboxylic acid groups (broad SMARTS) is 1. The number of aliphatic hydroxyl groups excluding tert-OH is 1. The smallest absolute Gasteiger partial charge is 0.306 e. The van der Waals surface area contributed by atoms with Crippen LogP contribution in [0, 0.1) is 81.8 Å². The van der Waals surface area contributed by atoms with Gasteiger partial charge in [0.15, 0.2) is 5.78 Å². The second-order valence-electron chi connectivity index (χ2n) is 21.6. The largest absolute Gasteiger partial charge is 0.481 e. The van der Waals surface area contributed by atoms with E-state index in [0.29, 0.717) is 67.6 Å². The Bertz CT molecular complexity index is 1790. The molecule has 334 valence electrons. The van der Waals surface area contributed by atoms with E-state index in [1.807, 2.05) is 26.0 Å². The molecule has 4 N–H and O–H groups in total. The highest BCUT2D eigenvalue weighted by molar-refractivity contribution is 6.00. The fourth-order valence-corrected chi connectivity index (χ4v) is 14.4. The SMILES string of the molecule is CC(C)C1=C2C3CCC4C(C)(CCC5C(C)(C)C(CC(=O)C6CC(C(=O)O)C6C)CCC54C)C3CCC2(CCNC(=O)C(C)(C)NC=O)CC1=O.CO.Cc1ccncc1. The van der Waals surface area contributed by atoms with Crippen molar-refractivity contribution in [3.8, 4) is 0 Å². The number of nitrogens with zero attached hydrogens (tertiary/aromatic N) is 1. The number of carbonyl (C=O) groups excluding carboxylic acids is 4. The number of allylic oxidation sites excluding steroid dienone is 2. The number of aromatic nitrogens is 1. The van der Waals surface area contributed by atoms with Crippen LogP contribution < -0.4 is 10.6 Å². The van der Waals surface area contributed by atoms with E-state index in [9.17, 15) is 29.1 Å². The number of amides is 2. The lowest BCUT2D eigenvalue weighted by Crippen LogP contribution is -2.62. The monoisotopic (exact) mass is 832 g/mol. The number of ketones is 2. The number of Topliss-reactive ketones (excluding diaryl/α,β-unsaturated/α-hetero) is 2. The van der Waals surface area contributed by atoms with E-state index in [-0.39, 0.29) is 57.0 Å². The van der Waals surface area contributed by atoms with Gasteiger partial charge in [-0.15, -0.1) is 0 Å². The quantitative estimate of drug-likeness (QED) is 0.161. The van der Waals surface area contributed by atoms with E-state index in [1.165, 1.54) is 30.4 Å². The standard InChI is InChI=1S/C43H66N2O6.C6H7N.CH4O/c1-24(2)35-32(48)22-43(18-19-44-38(51)40(6,7)45-23-46)17-13-30-27(36(35)43)10-11-34-41(30,8)16-14-33-39(4,5)26(12-15-42(33,34)9)20-31(47)28-21-29(25(28)3)37(49)50;1-6-2-4-7-5-3-6;1-2/h23-30,33-34H,10-22H2,1-9H3,(H,44,51)(H,45,46)(H,49,50);2-5H,1H3;2H,1H3. The molecule has 0 aromatic carbocycles. The van der Waals surface area contributed by atoms with E-state index in [4.69, 9.17) is 5.11 Å². The van der Waals surface area contributed by atoms with Crippen LogP contribution in [0.15, 0.2) is 35.7 Å². The molecule has 0 saturated heterocycles. The molecule has 5 fully saturated rings. The first-order valence-corrected chi connectivity index (χ1v) is 23.0. The second-order valence-corrected chi connectivity index (χ2v) is 21.6. The number of hydrogen-bond acceptors (Lipinski definition) is 7. The predicted octanol–water partition coefficient (Wildman–Crippen LogP) is 8.54. The zero-order chi connectivity index (χ0) is 44.6. The van der Waals surface area contributed by atoms with Gasteiger partial charge < -0.3 is 20.8 Å². The number of pyridine rings is 1. The highest BCUT2D eigenvalue weighted by Gasteiger charge is 2.66. The molecule has 5 saturated carbocycles. The van der Waals surface area contributed by atoms with Crippen LogP contribution in [0.25, 0.3) is 0 Å². The summed E-state index contributed by atoms with van der Waals surface area (Å²) in [5, 5.41) is 22.2. The Morgan fingerprint density at radius 3 is 2.15 bits per heavy atom. The van der Waals surface area contributed by atoms with Gasteiger partial charge in [-0.2, -0.15) is 0 Å². The van der Waals surface area contributed by atoms with Crippen molar-refractivity contribution in [2.75, 3.05) is 13.7 Å². The van der Waals surface area contributed by atoms with Crippen LogP contribution in [-0.4, -0.2) is 64.2 Å². The number of aryl methyl sites for hydroxylation is 1. The number of aliphatic hydroxyl groups is 1. The molecule has 1 heterocycles. The lowest BCUT2D eigenvalue weighted by atomic mass is 9.35. The van der Waals surface area contributed by atoms with Gasteiger partial charge in [0.1, 0.15) is 11.3 Å². The summed E-state index contributed by atoms with van der Waals surface area (Å²) in [6, 6.07) is 3.94. The lowest BCUT2D eigenvalue weighted by molar-refractivity contribution is -0.193. The van der Waals surface area contributed by atoms with Crippen LogP contribution in [0.4, 0.5) is 0 Å². The minimum absolute atomic E-state index is 0.0349. The number of aliphatic carboxylic acids is 1. The fraction of sp³-hybridized carbons (Fsp3) is 0.760. The second kappa shape index (κ2) is 18.1. The van der Waals surface area contributed by atoms with Crippen LogP contribution in [0.2, 0.25) is 0 Å². The lowest BCUT2D eigenvalue weighted by Gasteiger charge is -2.69. The maximum Gasteiger partial charge on any atom is 0.306 e. The van der Waals surface area contributed by atoms with Gasteiger partial charge in [0, 0.05) is 50.2 Å². The first kappa shape index (κ1) is 47.6. The zero-order valence-electron chi connectivity index (χ0n) is 38.7. The Hall–Kier alpha value is -3.40. The number of fused-ring (bicyclic) bond motifs is 7. The first-order chi connectivity index (χ1) is 28.1. The van der Waals surface area contributed by atoms with E-state index in [1.54, 1.807) is 26.2 Å². The molecule has 7 rings (SSSR count). The molecule has 10 heteroatoms. The third-order valence-electron chi connectivity index (χ3n) is 17.7. The molecule has 0 bridgehead atoms. The summed E-state index contributed by atoms with van der Waals surface area (Å²) in [6.07, 6.45) is 15.5. The minimum atomic E-state index is -0.990. The van der Waals surface area contributed by atoms with Crippen molar-refractivity contribution < 1.29 is 34.2 Å². The van der Waals surface area contributed by atoms with Gasteiger partial charge >= 0.3 is 5.97 Å². The van der Waals surface area contributed by atoms with Crippen molar-refractivity contribution in [2.24, 2.45) is 74.9 Å². The minimum Gasteiger partial charge on any atom is -0.481 e. The average Bonchev–Trinajstić information content (AvgIpc) is 3.48. The number of rotatable bonds is 11. The van der Waals surface area contributed by atoms with Crippen LogP contribution in [0.1, 0.15) is 145 Å². The van der Waals surface area contributed by atoms with Gasteiger partial charge in [-0.25, -0.2) is 0 Å². The Labute approximate surface area is 360 Å². The molecule has 2 amide bonds.